The van der Waals surface area contributed by atoms with Gasteiger partial charge in [0.05, 0.1) is 23.6 Å². The van der Waals surface area contributed by atoms with Gasteiger partial charge < -0.3 is 4.74 Å². The lowest BCUT2D eigenvalue weighted by atomic mass is 9.77. The zero-order valence-electron chi connectivity index (χ0n) is 18.0. The minimum absolute atomic E-state index is 0.0258. The standard InChI is InChI=1S/C27H18FNO5/c1-14-10-12-15(13-11-14)29-25(32)20-21(26(29)33)27(34-22(20)18-8-4-5-9-19(18)28)23(30)16-6-2-3-7-17(16)24(27)31/h2-13,20-22H,1H3/t20-,21+,22-/m0/s1. The highest BCUT2D eigenvalue weighted by Gasteiger charge is 2.75. The summed E-state index contributed by atoms with van der Waals surface area (Å²) in [7, 11) is 0. The molecule has 0 saturated carbocycles. The van der Waals surface area contributed by atoms with Crippen LogP contribution in [0.1, 0.15) is 37.9 Å². The van der Waals surface area contributed by atoms with Crippen LogP contribution in [0.25, 0.3) is 0 Å². The third-order valence-corrected chi connectivity index (χ3v) is 7.02. The summed E-state index contributed by atoms with van der Waals surface area (Å²) in [5, 5.41) is 0. The number of halogens is 1. The highest BCUT2D eigenvalue weighted by molar-refractivity contribution is 6.37. The maximum absolute atomic E-state index is 14.9. The zero-order chi connectivity index (χ0) is 23.8. The predicted octanol–water partition coefficient (Wildman–Crippen LogP) is 3.83. The molecule has 34 heavy (non-hydrogen) atoms. The molecule has 3 aliphatic rings. The normalized spacial score (nSPS) is 24.8. The van der Waals surface area contributed by atoms with Crippen LogP contribution >= 0.6 is 0 Å². The summed E-state index contributed by atoms with van der Waals surface area (Å²) in [5.41, 5.74) is -0.661. The molecule has 2 heterocycles. The lowest BCUT2D eigenvalue weighted by Gasteiger charge is -2.27. The van der Waals surface area contributed by atoms with E-state index in [9.17, 15) is 23.6 Å². The summed E-state index contributed by atoms with van der Waals surface area (Å²) >= 11 is 0. The molecular formula is C27H18FNO5. The Morgan fingerprint density at radius 2 is 1.38 bits per heavy atom. The van der Waals surface area contributed by atoms with E-state index >= 15 is 0 Å². The average molecular weight is 455 g/mol. The van der Waals surface area contributed by atoms with Crippen molar-refractivity contribution in [1.82, 2.24) is 0 Å². The van der Waals surface area contributed by atoms with Gasteiger partial charge in [0.1, 0.15) is 5.82 Å². The second kappa shape index (κ2) is 7.01. The minimum Gasteiger partial charge on any atom is -0.349 e. The van der Waals surface area contributed by atoms with Crippen molar-refractivity contribution in [2.45, 2.75) is 18.6 Å². The molecule has 0 unspecified atom stereocenters. The van der Waals surface area contributed by atoms with Gasteiger partial charge >= 0.3 is 0 Å². The van der Waals surface area contributed by atoms with Gasteiger partial charge in [-0.2, -0.15) is 0 Å². The number of nitrogens with zero attached hydrogens (tertiary/aromatic N) is 1. The third kappa shape index (κ3) is 2.47. The van der Waals surface area contributed by atoms with Crippen LogP contribution in [0.5, 0.6) is 0 Å². The van der Waals surface area contributed by atoms with Crippen molar-refractivity contribution in [2.75, 3.05) is 4.90 Å². The van der Waals surface area contributed by atoms with E-state index in [-0.39, 0.29) is 16.7 Å². The summed E-state index contributed by atoms with van der Waals surface area (Å²) in [4.78, 5) is 55.8. The number of benzene rings is 3. The average Bonchev–Trinajstić information content (AvgIpc) is 3.40. The van der Waals surface area contributed by atoms with E-state index in [1.807, 2.05) is 6.92 Å². The molecule has 168 valence electrons. The van der Waals surface area contributed by atoms with Crippen molar-refractivity contribution < 1.29 is 28.3 Å². The summed E-state index contributed by atoms with van der Waals surface area (Å²) in [6.07, 6.45) is -1.28. The Balaban J connectivity index is 1.56. The van der Waals surface area contributed by atoms with Crippen LogP contribution in [0.3, 0.4) is 0 Å². The molecule has 0 aromatic heterocycles. The smallest absolute Gasteiger partial charge is 0.241 e. The number of imide groups is 1. The summed E-state index contributed by atoms with van der Waals surface area (Å²) < 4.78 is 20.9. The number of Topliss-reactive ketones (excluding diaryl/α,β-unsaturated/α-hetero) is 2. The van der Waals surface area contributed by atoms with Gasteiger partial charge in [0.15, 0.2) is 0 Å². The van der Waals surface area contributed by atoms with Crippen LogP contribution in [-0.4, -0.2) is 29.0 Å². The van der Waals surface area contributed by atoms with Gasteiger partial charge in [-0.25, -0.2) is 9.29 Å². The van der Waals surface area contributed by atoms with Crippen LogP contribution in [-0.2, 0) is 14.3 Å². The molecule has 6 nitrogen and oxygen atoms in total. The molecule has 3 aromatic rings. The molecule has 2 aliphatic heterocycles. The topological polar surface area (TPSA) is 80.8 Å². The summed E-state index contributed by atoms with van der Waals surface area (Å²) in [5.74, 6) is -5.95. The van der Waals surface area contributed by atoms with Gasteiger partial charge in [-0.3, -0.25) is 19.2 Å². The van der Waals surface area contributed by atoms with E-state index < -0.39 is 52.7 Å². The maximum Gasteiger partial charge on any atom is 0.241 e. The second-order valence-corrected chi connectivity index (χ2v) is 8.85. The van der Waals surface area contributed by atoms with Crippen molar-refractivity contribution >= 4 is 29.1 Å². The molecule has 3 aromatic carbocycles. The number of hydrogen-bond donors (Lipinski definition) is 0. The lowest BCUT2D eigenvalue weighted by molar-refractivity contribution is -0.127. The molecule has 1 spiro atoms. The van der Waals surface area contributed by atoms with Gasteiger partial charge in [-0.05, 0) is 25.1 Å². The molecule has 2 amide bonds. The Labute approximate surface area is 193 Å². The number of fused-ring (bicyclic) bond motifs is 3. The van der Waals surface area contributed by atoms with Crippen LogP contribution in [0.15, 0.2) is 72.8 Å². The number of carbonyl (C=O) groups excluding carboxylic acids is 4. The first-order chi connectivity index (χ1) is 16.4. The third-order valence-electron chi connectivity index (χ3n) is 7.02. The first-order valence-electron chi connectivity index (χ1n) is 10.9. The van der Waals surface area contributed by atoms with E-state index in [4.69, 9.17) is 4.74 Å². The first-order valence-corrected chi connectivity index (χ1v) is 10.9. The fourth-order valence-electron chi connectivity index (χ4n) is 5.45. The highest BCUT2D eigenvalue weighted by Crippen LogP contribution is 2.57. The summed E-state index contributed by atoms with van der Waals surface area (Å²) in [6.45, 7) is 1.87. The fraction of sp³-hybridized carbons (Fsp3) is 0.185. The van der Waals surface area contributed by atoms with Gasteiger partial charge in [0, 0.05) is 16.7 Å². The van der Waals surface area contributed by atoms with Crippen molar-refractivity contribution in [3.8, 4) is 0 Å². The molecule has 0 bridgehead atoms. The van der Waals surface area contributed by atoms with E-state index in [2.05, 4.69) is 0 Å². The second-order valence-electron chi connectivity index (χ2n) is 8.85. The molecule has 2 saturated heterocycles. The van der Waals surface area contributed by atoms with E-state index in [1.165, 1.54) is 30.3 Å². The number of anilines is 1. The molecule has 3 atom stereocenters. The van der Waals surface area contributed by atoms with Crippen LogP contribution < -0.4 is 4.90 Å². The molecule has 1 aliphatic carbocycles. The zero-order valence-corrected chi connectivity index (χ0v) is 18.0. The Kier molecular flexibility index (Phi) is 4.25. The fourth-order valence-corrected chi connectivity index (χ4v) is 5.45. The van der Waals surface area contributed by atoms with Gasteiger partial charge in [0.25, 0.3) is 0 Å². The number of carbonyl (C=O) groups is 4. The van der Waals surface area contributed by atoms with Crippen molar-refractivity contribution in [3.05, 3.63) is 101 Å². The van der Waals surface area contributed by atoms with Gasteiger partial charge in [-0.1, -0.05) is 60.2 Å². The number of ketones is 2. The van der Waals surface area contributed by atoms with E-state index in [0.717, 1.165) is 10.5 Å². The molecule has 0 N–H and O–H groups in total. The number of aryl methyl sites for hydroxylation is 1. The Hall–Kier alpha value is -3.97. The van der Waals surface area contributed by atoms with E-state index in [0.29, 0.717) is 5.69 Å². The maximum atomic E-state index is 14.9. The predicted molar refractivity (Wildman–Crippen MR) is 119 cm³/mol. The number of hydrogen-bond acceptors (Lipinski definition) is 5. The number of amides is 2. The van der Waals surface area contributed by atoms with Crippen molar-refractivity contribution in [2.24, 2.45) is 11.8 Å². The molecule has 7 heteroatoms. The molecule has 6 rings (SSSR count). The SMILES string of the molecule is Cc1ccc(N2C(=O)[C@@H]3[C@H](c4ccccc4F)OC4(C(=O)c5ccccc5C4=O)[C@H]3C2=O)cc1. The minimum atomic E-state index is -2.21. The Morgan fingerprint density at radius 1 is 0.794 bits per heavy atom. The Bertz CT molecular complexity index is 1380. The van der Waals surface area contributed by atoms with Gasteiger partial charge in [0.2, 0.25) is 29.0 Å². The van der Waals surface area contributed by atoms with Gasteiger partial charge in [-0.15, -0.1) is 0 Å². The van der Waals surface area contributed by atoms with Crippen LogP contribution in [0, 0.1) is 24.6 Å². The quantitative estimate of drug-likeness (QED) is 0.433. The Morgan fingerprint density at radius 3 is 2.00 bits per heavy atom. The van der Waals surface area contributed by atoms with Crippen LogP contribution in [0.4, 0.5) is 10.1 Å². The molecular weight excluding hydrogens is 437 g/mol. The monoisotopic (exact) mass is 455 g/mol. The number of rotatable bonds is 2. The lowest BCUT2D eigenvalue weighted by Crippen LogP contribution is -2.51. The van der Waals surface area contributed by atoms with E-state index in [1.54, 1.807) is 42.5 Å². The molecule has 0 radical (unpaired) electrons. The molecule has 2 fully saturated rings. The van der Waals surface area contributed by atoms with Crippen molar-refractivity contribution in [3.63, 3.8) is 0 Å². The summed E-state index contributed by atoms with van der Waals surface area (Å²) in [6, 6.07) is 18.7. The number of ether oxygens (including phenoxy) is 1. The highest BCUT2D eigenvalue weighted by atomic mass is 19.1. The van der Waals surface area contributed by atoms with Crippen molar-refractivity contribution in [1.29, 1.82) is 0 Å². The van der Waals surface area contributed by atoms with Crippen LogP contribution in [0.2, 0.25) is 0 Å². The largest absolute Gasteiger partial charge is 0.349 e. The first kappa shape index (κ1) is 20.6.